The maximum atomic E-state index is 12.3. The van der Waals surface area contributed by atoms with E-state index >= 15 is 0 Å². The molecule has 1 amide bonds. The van der Waals surface area contributed by atoms with Gasteiger partial charge < -0.3 is 15.8 Å². The van der Waals surface area contributed by atoms with Crippen LogP contribution in [0, 0.1) is 5.41 Å². The van der Waals surface area contributed by atoms with Crippen molar-refractivity contribution in [1.29, 1.82) is 0 Å². The molecular formula is C13H24N2O3. The normalized spacial score (nSPS) is 20.6. The van der Waals surface area contributed by atoms with Crippen LogP contribution in [0.4, 0.5) is 0 Å². The zero-order valence-corrected chi connectivity index (χ0v) is 11.3. The summed E-state index contributed by atoms with van der Waals surface area (Å²) in [5.41, 5.74) is 5.31. The molecular weight excluding hydrogens is 232 g/mol. The standard InChI is InChI=1S/C13H24N2O3/c1-10(11(16)18-2)15-12(17)13(9-14)7-5-3-4-6-8-13/h10H,3-9,14H2,1-2H3,(H,15,17)/t10-/m0/s1. The third-order valence-electron chi connectivity index (χ3n) is 3.84. The van der Waals surface area contributed by atoms with Gasteiger partial charge in [0, 0.05) is 6.54 Å². The number of ether oxygens (including phenoxy) is 1. The van der Waals surface area contributed by atoms with Crippen LogP contribution >= 0.6 is 0 Å². The third-order valence-corrected chi connectivity index (χ3v) is 3.84. The molecule has 1 fully saturated rings. The van der Waals surface area contributed by atoms with Gasteiger partial charge in [-0.15, -0.1) is 0 Å². The van der Waals surface area contributed by atoms with Crippen molar-refractivity contribution in [1.82, 2.24) is 5.32 Å². The Bertz CT molecular complexity index is 297. The Hall–Kier alpha value is -1.10. The molecule has 1 saturated carbocycles. The highest BCUT2D eigenvalue weighted by atomic mass is 16.5. The van der Waals surface area contributed by atoms with Crippen molar-refractivity contribution in [2.24, 2.45) is 11.1 Å². The molecule has 18 heavy (non-hydrogen) atoms. The van der Waals surface area contributed by atoms with Crippen molar-refractivity contribution >= 4 is 11.9 Å². The highest BCUT2D eigenvalue weighted by Gasteiger charge is 2.38. The molecule has 5 nitrogen and oxygen atoms in total. The lowest BCUT2D eigenvalue weighted by Crippen LogP contribution is -2.50. The van der Waals surface area contributed by atoms with Crippen molar-refractivity contribution in [2.45, 2.75) is 51.5 Å². The fourth-order valence-electron chi connectivity index (χ4n) is 2.51. The second-order valence-corrected chi connectivity index (χ2v) is 5.12. The molecule has 5 heteroatoms. The first-order valence-electron chi connectivity index (χ1n) is 6.64. The summed E-state index contributed by atoms with van der Waals surface area (Å²) >= 11 is 0. The Morgan fingerprint density at radius 2 is 1.83 bits per heavy atom. The van der Waals surface area contributed by atoms with Crippen LogP contribution in [0.5, 0.6) is 0 Å². The van der Waals surface area contributed by atoms with Gasteiger partial charge in [0.15, 0.2) is 0 Å². The van der Waals surface area contributed by atoms with Gasteiger partial charge in [0.05, 0.1) is 12.5 Å². The van der Waals surface area contributed by atoms with Gasteiger partial charge in [-0.05, 0) is 19.8 Å². The number of rotatable bonds is 4. The third kappa shape index (κ3) is 3.45. The van der Waals surface area contributed by atoms with E-state index in [1.54, 1.807) is 6.92 Å². The van der Waals surface area contributed by atoms with Crippen molar-refractivity contribution in [2.75, 3.05) is 13.7 Å². The van der Waals surface area contributed by atoms with Gasteiger partial charge in [0.1, 0.15) is 6.04 Å². The van der Waals surface area contributed by atoms with E-state index in [0.717, 1.165) is 38.5 Å². The minimum absolute atomic E-state index is 0.107. The first-order valence-corrected chi connectivity index (χ1v) is 6.64. The van der Waals surface area contributed by atoms with Crippen LogP contribution in [0.3, 0.4) is 0 Å². The molecule has 3 N–H and O–H groups in total. The molecule has 0 saturated heterocycles. The molecule has 104 valence electrons. The Morgan fingerprint density at radius 3 is 2.28 bits per heavy atom. The van der Waals surface area contributed by atoms with Gasteiger partial charge >= 0.3 is 5.97 Å². The zero-order valence-electron chi connectivity index (χ0n) is 11.3. The first-order chi connectivity index (χ1) is 8.55. The second-order valence-electron chi connectivity index (χ2n) is 5.12. The summed E-state index contributed by atoms with van der Waals surface area (Å²) in [6.07, 6.45) is 5.98. The van der Waals surface area contributed by atoms with Crippen molar-refractivity contribution in [3.05, 3.63) is 0 Å². The van der Waals surface area contributed by atoms with Crippen LogP contribution in [-0.4, -0.2) is 31.6 Å². The summed E-state index contributed by atoms with van der Waals surface area (Å²) in [4.78, 5) is 23.7. The average molecular weight is 256 g/mol. The van der Waals surface area contributed by atoms with Gasteiger partial charge in [-0.25, -0.2) is 4.79 Å². The molecule has 0 heterocycles. The molecule has 0 aromatic heterocycles. The predicted octanol–water partition coefficient (Wildman–Crippen LogP) is 0.963. The molecule has 1 aliphatic rings. The largest absolute Gasteiger partial charge is 0.467 e. The second kappa shape index (κ2) is 6.73. The Morgan fingerprint density at radius 1 is 1.28 bits per heavy atom. The number of methoxy groups -OCH3 is 1. The van der Waals surface area contributed by atoms with Crippen molar-refractivity contribution in [3.8, 4) is 0 Å². The van der Waals surface area contributed by atoms with E-state index in [0.29, 0.717) is 6.54 Å². The van der Waals surface area contributed by atoms with Gasteiger partial charge in [-0.3, -0.25) is 4.79 Å². The van der Waals surface area contributed by atoms with E-state index in [-0.39, 0.29) is 5.91 Å². The average Bonchev–Trinajstić information content (AvgIpc) is 2.63. The highest BCUT2D eigenvalue weighted by Crippen LogP contribution is 2.34. The topological polar surface area (TPSA) is 81.4 Å². The molecule has 0 aromatic rings. The molecule has 0 bridgehead atoms. The summed E-state index contributed by atoms with van der Waals surface area (Å²) in [6, 6.07) is -0.617. The van der Waals surface area contributed by atoms with E-state index in [2.05, 4.69) is 10.1 Å². The van der Waals surface area contributed by atoms with Gasteiger partial charge in [-0.1, -0.05) is 25.7 Å². The molecule has 1 aliphatic carbocycles. The number of hydrogen-bond donors (Lipinski definition) is 2. The number of esters is 1. The van der Waals surface area contributed by atoms with Gasteiger partial charge in [0.25, 0.3) is 0 Å². The van der Waals surface area contributed by atoms with E-state index in [1.807, 2.05) is 0 Å². The van der Waals surface area contributed by atoms with Crippen LogP contribution < -0.4 is 11.1 Å². The zero-order chi connectivity index (χ0) is 13.6. The van der Waals surface area contributed by atoms with E-state index in [9.17, 15) is 9.59 Å². The predicted molar refractivity (Wildman–Crippen MR) is 68.8 cm³/mol. The molecule has 0 aliphatic heterocycles. The Kier molecular flexibility index (Phi) is 5.59. The van der Waals surface area contributed by atoms with Gasteiger partial charge in [-0.2, -0.15) is 0 Å². The molecule has 1 atom stereocenters. The number of amides is 1. The van der Waals surface area contributed by atoms with Crippen LogP contribution in [0.1, 0.15) is 45.4 Å². The lowest BCUT2D eigenvalue weighted by Gasteiger charge is -2.30. The SMILES string of the molecule is COC(=O)[C@H](C)NC(=O)C1(CN)CCCCCC1. The number of carbonyl (C=O) groups is 2. The molecule has 0 spiro atoms. The Balaban J connectivity index is 2.68. The molecule has 0 radical (unpaired) electrons. The first kappa shape index (κ1) is 15.0. The summed E-state index contributed by atoms with van der Waals surface area (Å²) in [5.74, 6) is -0.533. The van der Waals surface area contributed by atoms with E-state index < -0.39 is 17.4 Å². The van der Waals surface area contributed by atoms with Crippen molar-refractivity contribution in [3.63, 3.8) is 0 Å². The van der Waals surface area contributed by atoms with Crippen LogP contribution in [0.2, 0.25) is 0 Å². The number of nitrogens with two attached hydrogens (primary N) is 1. The lowest BCUT2D eigenvalue weighted by molar-refractivity contribution is -0.146. The number of nitrogens with one attached hydrogen (secondary N) is 1. The number of hydrogen-bond acceptors (Lipinski definition) is 4. The fraction of sp³-hybridized carbons (Fsp3) is 0.846. The van der Waals surface area contributed by atoms with E-state index in [4.69, 9.17) is 5.73 Å². The molecule has 0 unspecified atom stereocenters. The summed E-state index contributed by atoms with van der Waals surface area (Å²) < 4.78 is 4.61. The summed E-state index contributed by atoms with van der Waals surface area (Å²) in [5, 5.41) is 2.73. The van der Waals surface area contributed by atoms with Gasteiger partial charge in [0.2, 0.25) is 5.91 Å². The van der Waals surface area contributed by atoms with Crippen LogP contribution in [-0.2, 0) is 14.3 Å². The summed E-state index contributed by atoms with van der Waals surface area (Å²) in [6.45, 7) is 1.97. The van der Waals surface area contributed by atoms with Crippen molar-refractivity contribution < 1.29 is 14.3 Å². The van der Waals surface area contributed by atoms with E-state index in [1.165, 1.54) is 7.11 Å². The minimum Gasteiger partial charge on any atom is -0.467 e. The van der Waals surface area contributed by atoms with Crippen LogP contribution in [0.25, 0.3) is 0 Å². The fourth-order valence-corrected chi connectivity index (χ4v) is 2.51. The maximum Gasteiger partial charge on any atom is 0.328 e. The smallest absolute Gasteiger partial charge is 0.328 e. The highest BCUT2D eigenvalue weighted by molar-refractivity contribution is 5.88. The Labute approximate surface area is 108 Å². The minimum atomic E-state index is -0.617. The summed E-state index contributed by atoms with van der Waals surface area (Å²) in [7, 11) is 1.31. The number of carbonyl (C=O) groups excluding carboxylic acids is 2. The van der Waals surface area contributed by atoms with Crippen LogP contribution in [0.15, 0.2) is 0 Å². The maximum absolute atomic E-state index is 12.3. The molecule has 0 aromatic carbocycles. The monoisotopic (exact) mass is 256 g/mol. The lowest BCUT2D eigenvalue weighted by atomic mass is 9.79. The molecule has 1 rings (SSSR count). The quantitative estimate of drug-likeness (QED) is 0.580.